The molecule has 0 saturated carbocycles. The van der Waals surface area contributed by atoms with E-state index in [1.54, 1.807) is 7.11 Å². The SMILES string of the molecule is CCC(CC)C(C)Nc1ccc(N)c(OC)n1. The highest BCUT2D eigenvalue weighted by Gasteiger charge is 2.14. The van der Waals surface area contributed by atoms with Gasteiger partial charge in [-0.25, -0.2) is 0 Å². The van der Waals surface area contributed by atoms with Crippen LogP contribution in [0.2, 0.25) is 0 Å². The van der Waals surface area contributed by atoms with Gasteiger partial charge in [0.25, 0.3) is 0 Å². The van der Waals surface area contributed by atoms with Crippen molar-refractivity contribution in [1.82, 2.24) is 4.98 Å². The van der Waals surface area contributed by atoms with Crippen LogP contribution in [0.4, 0.5) is 11.5 Å². The highest BCUT2D eigenvalue weighted by Crippen LogP contribution is 2.22. The first-order valence-corrected chi connectivity index (χ1v) is 6.19. The lowest BCUT2D eigenvalue weighted by Crippen LogP contribution is -2.25. The van der Waals surface area contributed by atoms with Crippen molar-refractivity contribution < 1.29 is 4.74 Å². The zero-order valence-corrected chi connectivity index (χ0v) is 11.2. The molecular weight excluding hydrogens is 214 g/mol. The largest absolute Gasteiger partial charge is 0.479 e. The summed E-state index contributed by atoms with van der Waals surface area (Å²) in [5.41, 5.74) is 6.29. The second-order valence-corrected chi connectivity index (χ2v) is 4.30. The van der Waals surface area contributed by atoms with Crippen LogP contribution in [-0.4, -0.2) is 18.1 Å². The molecule has 1 unspecified atom stereocenters. The molecule has 1 aromatic heterocycles. The van der Waals surface area contributed by atoms with Crippen LogP contribution in [0.15, 0.2) is 12.1 Å². The predicted octanol–water partition coefficient (Wildman–Crippen LogP) is 2.91. The molecule has 4 heteroatoms. The van der Waals surface area contributed by atoms with Crippen molar-refractivity contribution in [3.8, 4) is 5.88 Å². The standard InChI is InChI=1S/C13H23N3O/c1-5-10(6-2)9(3)15-12-8-7-11(14)13(16-12)17-4/h7-10H,5-6,14H2,1-4H3,(H,15,16). The maximum absolute atomic E-state index is 5.73. The van der Waals surface area contributed by atoms with E-state index in [-0.39, 0.29) is 0 Å². The monoisotopic (exact) mass is 237 g/mol. The molecule has 17 heavy (non-hydrogen) atoms. The lowest BCUT2D eigenvalue weighted by atomic mass is 9.95. The molecule has 0 saturated heterocycles. The maximum atomic E-state index is 5.73. The number of anilines is 2. The first-order valence-electron chi connectivity index (χ1n) is 6.19. The van der Waals surface area contributed by atoms with Gasteiger partial charge in [0.2, 0.25) is 5.88 Å². The Bertz CT molecular complexity index is 351. The molecule has 0 aliphatic rings. The van der Waals surface area contributed by atoms with E-state index in [1.807, 2.05) is 12.1 Å². The summed E-state index contributed by atoms with van der Waals surface area (Å²) in [4.78, 5) is 4.32. The molecule has 0 aliphatic carbocycles. The summed E-state index contributed by atoms with van der Waals surface area (Å²) in [6, 6.07) is 4.09. The van der Waals surface area contributed by atoms with Crippen LogP contribution < -0.4 is 15.8 Å². The fourth-order valence-corrected chi connectivity index (χ4v) is 2.04. The molecule has 0 radical (unpaired) electrons. The molecule has 96 valence electrons. The Morgan fingerprint density at radius 2 is 2.00 bits per heavy atom. The quantitative estimate of drug-likeness (QED) is 0.798. The number of nitrogens with two attached hydrogens (primary N) is 1. The molecule has 1 heterocycles. The Labute approximate surface area is 104 Å². The number of hydrogen-bond acceptors (Lipinski definition) is 4. The number of ether oxygens (including phenoxy) is 1. The van der Waals surface area contributed by atoms with E-state index in [1.165, 1.54) is 0 Å². The van der Waals surface area contributed by atoms with Gasteiger partial charge in [0.05, 0.1) is 12.8 Å². The number of nitrogen functional groups attached to an aromatic ring is 1. The van der Waals surface area contributed by atoms with Crippen LogP contribution in [-0.2, 0) is 0 Å². The van der Waals surface area contributed by atoms with Crippen molar-refractivity contribution >= 4 is 11.5 Å². The zero-order chi connectivity index (χ0) is 12.8. The molecule has 0 aliphatic heterocycles. The normalized spacial score (nSPS) is 12.5. The summed E-state index contributed by atoms with van der Waals surface area (Å²) < 4.78 is 5.10. The van der Waals surface area contributed by atoms with Gasteiger partial charge in [-0.3, -0.25) is 0 Å². The molecule has 0 spiro atoms. The summed E-state index contributed by atoms with van der Waals surface area (Å²) in [6.45, 7) is 6.61. The third-order valence-electron chi connectivity index (χ3n) is 3.21. The van der Waals surface area contributed by atoms with Gasteiger partial charge in [0.1, 0.15) is 5.82 Å². The van der Waals surface area contributed by atoms with Crippen molar-refractivity contribution in [1.29, 1.82) is 0 Å². The number of aromatic nitrogens is 1. The van der Waals surface area contributed by atoms with Gasteiger partial charge in [0.15, 0.2) is 0 Å². The summed E-state index contributed by atoms with van der Waals surface area (Å²) >= 11 is 0. The van der Waals surface area contributed by atoms with Gasteiger partial charge in [-0.1, -0.05) is 26.7 Å². The van der Waals surface area contributed by atoms with Crippen LogP contribution in [0, 0.1) is 5.92 Å². The topological polar surface area (TPSA) is 60.2 Å². The first kappa shape index (κ1) is 13.6. The lowest BCUT2D eigenvalue weighted by Gasteiger charge is -2.23. The highest BCUT2D eigenvalue weighted by molar-refractivity contribution is 5.53. The minimum atomic E-state index is 0.394. The van der Waals surface area contributed by atoms with E-state index in [9.17, 15) is 0 Å². The molecule has 1 aromatic rings. The molecular formula is C13H23N3O. The maximum Gasteiger partial charge on any atom is 0.238 e. The van der Waals surface area contributed by atoms with Crippen molar-refractivity contribution in [2.75, 3.05) is 18.2 Å². The molecule has 1 rings (SSSR count). The van der Waals surface area contributed by atoms with E-state index in [2.05, 4.69) is 31.1 Å². The predicted molar refractivity (Wildman–Crippen MR) is 72.4 cm³/mol. The Hall–Kier alpha value is -1.45. The van der Waals surface area contributed by atoms with Crippen LogP contribution in [0.5, 0.6) is 5.88 Å². The average molecular weight is 237 g/mol. The molecule has 3 N–H and O–H groups in total. The Morgan fingerprint density at radius 3 is 2.53 bits per heavy atom. The summed E-state index contributed by atoms with van der Waals surface area (Å²) in [7, 11) is 1.58. The fraction of sp³-hybridized carbons (Fsp3) is 0.615. The smallest absolute Gasteiger partial charge is 0.238 e. The Balaban J connectivity index is 2.74. The number of methoxy groups -OCH3 is 1. The van der Waals surface area contributed by atoms with Crippen LogP contribution >= 0.6 is 0 Å². The first-order chi connectivity index (χ1) is 8.12. The van der Waals surface area contributed by atoms with E-state index in [0.717, 1.165) is 18.7 Å². The molecule has 0 bridgehead atoms. The number of nitrogens with zero attached hydrogens (tertiary/aromatic N) is 1. The van der Waals surface area contributed by atoms with Crippen molar-refractivity contribution in [2.45, 2.75) is 39.7 Å². The van der Waals surface area contributed by atoms with Crippen LogP contribution in [0.1, 0.15) is 33.6 Å². The fourth-order valence-electron chi connectivity index (χ4n) is 2.04. The minimum Gasteiger partial charge on any atom is -0.479 e. The van der Waals surface area contributed by atoms with Gasteiger partial charge < -0.3 is 15.8 Å². The third kappa shape index (κ3) is 3.51. The van der Waals surface area contributed by atoms with E-state index in [0.29, 0.717) is 23.5 Å². The van der Waals surface area contributed by atoms with Crippen LogP contribution in [0.3, 0.4) is 0 Å². The van der Waals surface area contributed by atoms with Crippen molar-refractivity contribution in [2.24, 2.45) is 5.92 Å². The molecule has 0 amide bonds. The number of pyridine rings is 1. The van der Waals surface area contributed by atoms with Gasteiger partial charge in [-0.15, -0.1) is 0 Å². The summed E-state index contributed by atoms with van der Waals surface area (Å²) in [6.07, 6.45) is 2.33. The second kappa shape index (κ2) is 6.33. The summed E-state index contributed by atoms with van der Waals surface area (Å²) in [5, 5.41) is 3.40. The van der Waals surface area contributed by atoms with E-state index < -0.39 is 0 Å². The number of hydrogen-bond donors (Lipinski definition) is 2. The summed E-state index contributed by atoms with van der Waals surface area (Å²) in [5.74, 6) is 1.95. The second-order valence-electron chi connectivity index (χ2n) is 4.30. The minimum absolute atomic E-state index is 0.394. The van der Waals surface area contributed by atoms with Crippen LogP contribution in [0.25, 0.3) is 0 Å². The van der Waals surface area contributed by atoms with Crippen molar-refractivity contribution in [3.63, 3.8) is 0 Å². The molecule has 0 fully saturated rings. The van der Waals surface area contributed by atoms with Gasteiger partial charge in [0, 0.05) is 6.04 Å². The van der Waals surface area contributed by atoms with E-state index in [4.69, 9.17) is 10.5 Å². The lowest BCUT2D eigenvalue weighted by molar-refractivity contribution is 0.399. The average Bonchev–Trinajstić information content (AvgIpc) is 2.33. The van der Waals surface area contributed by atoms with Gasteiger partial charge in [-0.2, -0.15) is 4.98 Å². The van der Waals surface area contributed by atoms with E-state index >= 15 is 0 Å². The third-order valence-corrected chi connectivity index (χ3v) is 3.21. The molecule has 4 nitrogen and oxygen atoms in total. The van der Waals surface area contributed by atoms with Crippen molar-refractivity contribution in [3.05, 3.63) is 12.1 Å². The molecule has 0 aromatic carbocycles. The number of rotatable bonds is 6. The number of nitrogens with one attached hydrogen (secondary N) is 1. The van der Waals surface area contributed by atoms with Gasteiger partial charge in [-0.05, 0) is 25.0 Å². The van der Waals surface area contributed by atoms with Gasteiger partial charge >= 0.3 is 0 Å². The Morgan fingerprint density at radius 1 is 1.35 bits per heavy atom. The molecule has 1 atom stereocenters. The Kier molecular flexibility index (Phi) is 5.07. The zero-order valence-electron chi connectivity index (χ0n) is 11.2. The highest BCUT2D eigenvalue weighted by atomic mass is 16.5.